The van der Waals surface area contributed by atoms with Crippen LogP contribution >= 0.6 is 11.3 Å². The van der Waals surface area contributed by atoms with E-state index in [-0.39, 0.29) is 11.7 Å². The van der Waals surface area contributed by atoms with E-state index in [4.69, 9.17) is 5.73 Å². The van der Waals surface area contributed by atoms with E-state index in [1.165, 1.54) is 18.3 Å². The molecule has 70 valence electrons. The highest BCUT2D eigenvalue weighted by Crippen LogP contribution is 2.18. The molecule has 1 amide bonds. The van der Waals surface area contributed by atoms with E-state index < -0.39 is 0 Å². The van der Waals surface area contributed by atoms with E-state index >= 15 is 0 Å². The van der Waals surface area contributed by atoms with Gasteiger partial charge in [-0.25, -0.2) is 0 Å². The van der Waals surface area contributed by atoms with Gasteiger partial charge in [-0.15, -0.1) is 11.3 Å². The van der Waals surface area contributed by atoms with E-state index in [0.717, 1.165) is 9.75 Å². The number of rotatable bonds is 4. The van der Waals surface area contributed by atoms with Gasteiger partial charge in [0.25, 0.3) is 0 Å². The lowest BCUT2D eigenvalue weighted by molar-refractivity contribution is -0.117. The average Bonchev–Trinajstić information content (AvgIpc) is 2.48. The predicted octanol–water partition coefficient (Wildman–Crippen LogP) is 1.37. The van der Waals surface area contributed by atoms with Crippen LogP contribution in [0.3, 0.4) is 0 Å². The molecule has 13 heavy (non-hydrogen) atoms. The zero-order valence-electron chi connectivity index (χ0n) is 7.37. The summed E-state index contributed by atoms with van der Waals surface area (Å²) in [4.78, 5) is 23.2. The van der Waals surface area contributed by atoms with Crippen LogP contribution in [0.5, 0.6) is 0 Å². The lowest BCUT2D eigenvalue weighted by atomic mass is 10.2. The maximum absolute atomic E-state index is 10.9. The molecule has 0 saturated heterocycles. The number of nitrogens with two attached hydrogens (primary N) is 1. The number of aryl methyl sites for hydroxylation is 1. The molecule has 0 aromatic carbocycles. The number of amides is 1. The van der Waals surface area contributed by atoms with Gasteiger partial charge in [0.2, 0.25) is 5.91 Å². The molecule has 2 N–H and O–H groups in total. The molecule has 0 unspecified atom stereocenters. The summed E-state index contributed by atoms with van der Waals surface area (Å²) >= 11 is 1.43. The molecule has 0 aliphatic carbocycles. The van der Waals surface area contributed by atoms with Gasteiger partial charge in [-0.1, -0.05) is 0 Å². The third-order valence-electron chi connectivity index (χ3n) is 1.63. The van der Waals surface area contributed by atoms with Crippen molar-refractivity contribution in [3.8, 4) is 0 Å². The van der Waals surface area contributed by atoms with Crippen LogP contribution in [0, 0.1) is 0 Å². The van der Waals surface area contributed by atoms with Gasteiger partial charge in [0.15, 0.2) is 5.78 Å². The number of hydrogen-bond acceptors (Lipinski definition) is 3. The average molecular weight is 197 g/mol. The second-order valence-electron chi connectivity index (χ2n) is 2.79. The van der Waals surface area contributed by atoms with Crippen LogP contribution in [0.25, 0.3) is 0 Å². The Morgan fingerprint density at radius 1 is 1.46 bits per heavy atom. The third-order valence-corrected chi connectivity index (χ3v) is 2.87. The van der Waals surface area contributed by atoms with Crippen molar-refractivity contribution in [1.29, 1.82) is 0 Å². The van der Waals surface area contributed by atoms with Crippen molar-refractivity contribution >= 4 is 23.0 Å². The lowest BCUT2D eigenvalue weighted by Crippen LogP contribution is -2.10. The van der Waals surface area contributed by atoms with Crippen LogP contribution < -0.4 is 5.73 Å². The highest BCUT2D eigenvalue weighted by molar-refractivity contribution is 7.14. The molecule has 0 saturated carbocycles. The Balaban J connectivity index is 2.59. The summed E-state index contributed by atoms with van der Waals surface area (Å²) in [5.74, 6) is -0.242. The molecule has 0 aliphatic heterocycles. The van der Waals surface area contributed by atoms with E-state index in [1.54, 1.807) is 6.07 Å². The second-order valence-corrected chi connectivity index (χ2v) is 3.96. The summed E-state index contributed by atoms with van der Waals surface area (Å²) in [5.41, 5.74) is 5.01. The monoisotopic (exact) mass is 197 g/mol. The maximum Gasteiger partial charge on any atom is 0.217 e. The number of carbonyl (C=O) groups excluding carboxylic acids is 2. The van der Waals surface area contributed by atoms with Crippen molar-refractivity contribution in [2.24, 2.45) is 5.73 Å². The Bertz CT molecular complexity index is 330. The molecule has 3 nitrogen and oxygen atoms in total. The largest absolute Gasteiger partial charge is 0.370 e. The maximum atomic E-state index is 10.9. The van der Waals surface area contributed by atoms with Crippen LogP contribution in [0.15, 0.2) is 12.1 Å². The van der Waals surface area contributed by atoms with Crippen molar-refractivity contribution in [3.63, 3.8) is 0 Å². The van der Waals surface area contributed by atoms with Crippen molar-refractivity contribution in [2.45, 2.75) is 19.8 Å². The SMILES string of the molecule is CC(=O)c1ccc(CCC(N)=O)s1. The first-order valence-corrected chi connectivity index (χ1v) is 4.79. The molecule has 0 radical (unpaired) electrons. The van der Waals surface area contributed by atoms with Gasteiger partial charge in [-0.2, -0.15) is 0 Å². The minimum Gasteiger partial charge on any atom is -0.370 e. The molecule has 0 spiro atoms. The highest BCUT2D eigenvalue weighted by Gasteiger charge is 2.04. The fraction of sp³-hybridized carbons (Fsp3) is 0.333. The number of carbonyl (C=O) groups is 2. The van der Waals surface area contributed by atoms with Gasteiger partial charge >= 0.3 is 0 Å². The molecule has 0 fully saturated rings. The zero-order valence-corrected chi connectivity index (χ0v) is 8.19. The molecular formula is C9H11NO2S. The van der Waals surface area contributed by atoms with Crippen LogP contribution in [-0.4, -0.2) is 11.7 Å². The molecular weight excluding hydrogens is 186 g/mol. The fourth-order valence-corrected chi connectivity index (χ4v) is 1.85. The van der Waals surface area contributed by atoms with E-state index in [9.17, 15) is 9.59 Å². The summed E-state index contributed by atoms with van der Waals surface area (Å²) in [7, 11) is 0. The standard InChI is InChI=1S/C9H11NO2S/c1-6(11)8-4-2-7(13-8)3-5-9(10)12/h2,4H,3,5H2,1H3,(H2,10,12). The molecule has 1 rings (SSSR count). The van der Waals surface area contributed by atoms with Crippen molar-refractivity contribution in [2.75, 3.05) is 0 Å². The minimum atomic E-state index is -0.308. The Labute approximate surface area is 80.6 Å². The number of hydrogen-bond donors (Lipinski definition) is 1. The molecule has 0 aliphatic rings. The number of primary amides is 1. The first-order valence-electron chi connectivity index (χ1n) is 3.97. The number of Topliss-reactive ketones (excluding diaryl/α,β-unsaturated/α-hetero) is 1. The van der Waals surface area contributed by atoms with E-state index in [2.05, 4.69) is 0 Å². The number of thiophene rings is 1. The van der Waals surface area contributed by atoms with Crippen LogP contribution in [0.4, 0.5) is 0 Å². The van der Waals surface area contributed by atoms with Crippen LogP contribution in [0.2, 0.25) is 0 Å². The van der Waals surface area contributed by atoms with Gasteiger partial charge in [0.05, 0.1) is 4.88 Å². The normalized spacial score (nSPS) is 9.92. The van der Waals surface area contributed by atoms with Gasteiger partial charge in [0, 0.05) is 11.3 Å². The Hall–Kier alpha value is -1.16. The first kappa shape index (κ1) is 9.92. The molecule has 0 atom stereocenters. The Kier molecular flexibility index (Phi) is 3.19. The third kappa shape index (κ3) is 2.99. The lowest BCUT2D eigenvalue weighted by Gasteiger charge is -1.91. The zero-order chi connectivity index (χ0) is 9.84. The molecule has 1 aromatic rings. The van der Waals surface area contributed by atoms with Crippen molar-refractivity contribution in [3.05, 3.63) is 21.9 Å². The highest BCUT2D eigenvalue weighted by atomic mass is 32.1. The molecule has 1 aromatic heterocycles. The second kappa shape index (κ2) is 4.18. The van der Waals surface area contributed by atoms with Crippen LogP contribution in [-0.2, 0) is 11.2 Å². The summed E-state index contributed by atoms with van der Waals surface area (Å²) in [6.07, 6.45) is 0.977. The first-order chi connectivity index (χ1) is 6.09. The Morgan fingerprint density at radius 3 is 2.62 bits per heavy atom. The molecule has 1 heterocycles. The predicted molar refractivity (Wildman–Crippen MR) is 51.8 cm³/mol. The van der Waals surface area contributed by atoms with E-state index in [1.807, 2.05) is 6.07 Å². The van der Waals surface area contributed by atoms with Gasteiger partial charge < -0.3 is 5.73 Å². The van der Waals surface area contributed by atoms with Crippen molar-refractivity contribution < 1.29 is 9.59 Å². The summed E-state index contributed by atoms with van der Waals surface area (Å²) in [6.45, 7) is 1.53. The quantitative estimate of drug-likeness (QED) is 0.741. The minimum absolute atomic E-state index is 0.0651. The molecule has 0 bridgehead atoms. The molecule has 4 heteroatoms. The van der Waals surface area contributed by atoms with Gasteiger partial charge in [-0.3, -0.25) is 9.59 Å². The smallest absolute Gasteiger partial charge is 0.217 e. The summed E-state index contributed by atoms with van der Waals surface area (Å²) < 4.78 is 0. The topological polar surface area (TPSA) is 60.2 Å². The van der Waals surface area contributed by atoms with Gasteiger partial charge in [0.1, 0.15) is 0 Å². The van der Waals surface area contributed by atoms with Crippen LogP contribution in [0.1, 0.15) is 27.9 Å². The van der Waals surface area contributed by atoms with Gasteiger partial charge in [-0.05, 0) is 25.5 Å². The van der Waals surface area contributed by atoms with Crippen molar-refractivity contribution in [1.82, 2.24) is 0 Å². The Morgan fingerprint density at radius 2 is 2.15 bits per heavy atom. The van der Waals surface area contributed by atoms with E-state index in [0.29, 0.717) is 12.8 Å². The number of ketones is 1. The summed E-state index contributed by atoms with van der Waals surface area (Å²) in [6, 6.07) is 3.65. The summed E-state index contributed by atoms with van der Waals surface area (Å²) in [5, 5.41) is 0. The fourth-order valence-electron chi connectivity index (χ4n) is 0.948.